The Balaban J connectivity index is 1.78. The first-order chi connectivity index (χ1) is 7.81. The third-order valence-corrected chi connectivity index (χ3v) is 4.46. The fourth-order valence-electron chi connectivity index (χ4n) is 2.33. The number of amides is 1. The first kappa shape index (κ1) is 11.7. The van der Waals surface area contributed by atoms with Crippen LogP contribution in [0.25, 0.3) is 0 Å². The van der Waals surface area contributed by atoms with Crippen LogP contribution in [0.4, 0.5) is 0 Å². The summed E-state index contributed by atoms with van der Waals surface area (Å²) in [7, 11) is 0. The highest BCUT2D eigenvalue weighted by Gasteiger charge is 2.27. The van der Waals surface area contributed by atoms with Gasteiger partial charge >= 0.3 is 0 Å². The summed E-state index contributed by atoms with van der Waals surface area (Å²) in [6.07, 6.45) is 1.32. The van der Waals surface area contributed by atoms with Crippen molar-refractivity contribution in [1.29, 1.82) is 5.26 Å². The van der Waals surface area contributed by atoms with E-state index in [1.807, 2.05) is 22.7 Å². The van der Waals surface area contributed by atoms with Crippen LogP contribution in [0, 0.1) is 11.3 Å². The maximum atomic E-state index is 11.5. The van der Waals surface area contributed by atoms with E-state index >= 15 is 0 Å². The average Bonchev–Trinajstić information content (AvgIpc) is 2.83. The lowest BCUT2D eigenvalue weighted by atomic mass is 10.2. The van der Waals surface area contributed by atoms with Crippen molar-refractivity contribution in [2.24, 2.45) is 0 Å². The Morgan fingerprint density at radius 1 is 1.38 bits per heavy atom. The summed E-state index contributed by atoms with van der Waals surface area (Å²) in [5.74, 6) is 2.51. The van der Waals surface area contributed by atoms with Crippen molar-refractivity contribution in [2.75, 3.05) is 37.7 Å². The Hall–Kier alpha value is -0.730. The van der Waals surface area contributed by atoms with Crippen molar-refractivity contribution in [1.82, 2.24) is 9.80 Å². The molecule has 0 radical (unpaired) electrons. The predicted molar refractivity (Wildman–Crippen MR) is 64.1 cm³/mol. The smallest absolute Gasteiger partial charge is 0.236 e. The second kappa shape index (κ2) is 5.55. The van der Waals surface area contributed by atoms with E-state index in [2.05, 4.69) is 4.90 Å². The Bertz CT molecular complexity index is 288. The molecular formula is C11H17N3OS. The van der Waals surface area contributed by atoms with Gasteiger partial charge in [-0.2, -0.15) is 17.0 Å². The molecule has 0 aromatic rings. The van der Waals surface area contributed by atoms with Gasteiger partial charge in [-0.25, -0.2) is 0 Å². The third kappa shape index (κ3) is 2.69. The van der Waals surface area contributed by atoms with Crippen LogP contribution in [-0.2, 0) is 4.79 Å². The van der Waals surface area contributed by atoms with E-state index in [4.69, 9.17) is 5.26 Å². The first-order valence-corrected chi connectivity index (χ1v) is 6.93. The summed E-state index contributed by atoms with van der Waals surface area (Å²) < 4.78 is 0. The van der Waals surface area contributed by atoms with Gasteiger partial charge in [0.15, 0.2) is 0 Å². The first-order valence-electron chi connectivity index (χ1n) is 5.78. The minimum atomic E-state index is -0.0112. The van der Waals surface area contributed by atoms with Gasteiger partial charge in [0.25, 0.3) is 0 Å². The van der Waals surface area contributed by atoms with Crippen LogP contribution in [0.3, 0.4) is 0 Å². The maximum Gasteiger partial charge on any atom is 0.236 e. The molecule has 0 saturated carbocycles. The normalized spacial score (nSPS) is 26.7. The van der Waals surface area contributed by atoms with Gasteiger partial charge in [-0.1, -0.05) is 0 Å². The molecule has 2 rings (SSSR count). The molecule has 0 aromatic carbocycles. The molecule has 2 aliphatic heterocycles. The molecule has 2 fully saturated rings. The molecule has 2 aliphatic rings. The molecule has 2 heterocycles. The Kier molecular flexibility index (Phi) is 4.08. The van der Waals surface area contributed by atoms with Crippen molar-refractivity contribution in [3.63, 3.8) is 0 Å². The van der Waals surface area contributed by atoms with Gasteiger partial charge in [0.1, 0.15) is 6.42 Å². The lowest BCUT2D eigenvalue weighted by molar-refractivity contribution is -0.132. The molecule has 0 aromatic heterocycles. The summed E-state index contributed by atoms with van der Waals surface area (Å²) in [4.78, 5) is 15.8. The Morgan fingerprint density at radius 2 is 2.12 bits per heavy atom. The van der Waals surface area contributed by atoms with E-state index in [0.29, 0.717) is 0 Å². The van der Waals surface area contributed by atoms with Crippen LogP contribution in [-0.4, -0.2) is 59.4 Å². The molecule has 2 saturated heterocycles. The summed E-state index contributed by atoms with van der Waals surface area (Å²) in [5, 5.41) is 8.48. The fourth-order valence-corrected chi connectivity index (χ4v) is 3.58. The zero-order valence-corrected chi connectivity index (χ0v) is 10.2. The Labute approximate surface area is 101 Å². The monoisotopic (exact) mass is 239 g/mol. The van der Waals surface area contributed by atoms with Gasteiger partial charge in [-0.05, 0) is 12.2 Å². The van der Waals surface area contributed by atoms with Crippen LogP contribution in [0.2, 0.25) is 0 Å². The van der Waals surface area contributed by atoms with Crippen molar-refractivity contribution >= 4 is 17.7 Å². The van der Waals surface area contributed by atoms with Crippen molar-refractivity contribution in [3.05, 3.63) is 0 Å². The minimum Gasteiger partial charge on any atom is -0.339 e. The zero-order valence-electron chi connectivity index (χ0n) is 9.39. The van der Waals surface area contributed by atoms with E-state index in [1.54, 1.807) is 0 Å². The standard InChI is InChI=1S/C11H17N3OS/c12-3-1-11(15)14-6-4-13(5-7-14)10-2-8-16-9-10/h10H,1-2,4-9H2/t10-/m1/s1. The van der Waals surface area contributed by atoms with E-state index in [9.17, 15) is 4.79 Å². The molecule has 0 unspecified atom stereocenters. The molecule has 1 atom stereocenters. The molecule has 4 nitrogen and oxygen atoms in total. The predicted octanol–water partition coefficient (Wildman–Crippen LogP) is 0.550. The molecular weight excluding hydrogens is 222 g/mol. The zero-order chi connectivity index (χ0) is 11.4. The van der Waals surface area contributed by atoms with E-state index in [0.717, 1.165) is 32.2 Å². The molecule has 0 aliphatic carbocycles. The molecule has 88 valence electrons. The second-order valence-corrected chi connectivity index (χ2v) is 5.42. The van der Waals surface area contributed by atoms with Crippen LogP contribution in [0.15, 0.2) is 0 Å². The van der Waals surface area contributed by atoms with Crippen molar-refractivity contribution < 1.29 is 4.79 Å². The number of thioether (sulfide) groups is 1. The van der Waals surface area contributed by atoms with Crippen molar-refractivity contribution in [3.8, 4) is 6.07 Å². The van der Waals surface area contributed by atoms with Crippen LogP contribution in [0.1, 0.15) is 12.8 Å². The van der Waals surface area contributed by atoms with E-state index in [1.165, 1.54) is 17.9 Å². The molecule has 0 N–H and O–H groups in total. The van der Waals surface area contributed by atoms with Gasteiger partial charge < -0.3 is 4.90 Å². The SMILES string of the molecule is N#CCC(=O)N1CCN([C@@H]2CCSC2)CC1. The molecule has 5 heteroatoms. The molecule has 16 heavy (non-hydrogen) atoms. The van der Waals surface area contributed by atoms with Crippen LogP contribution in [0.5, 0.6) is 0 Å². The largest absolute Gasteiger partial charge is 0.339 e. The van der Waals surface area contributed by atoms with Gasteiger partial charge in [0, 0.05) is 38.0 Å². The van der Waals surface area contributed by atoms with Crippen LogP contribution >= 0.6 is 11.8 Å². The van der Waals surface area contributed by atoms with Gasteiger partial charge in [0.2, 0.25) is 5.91 Å². The van der Waals surface area contributed by atoms with Crippen LogP contribution < -0.4 is 0 Å². The highest BCUT2D eigenvalue weighted by Crippen LogP contribution is 2.23. The van der Waals surface area contributed by atoms with Gasteiger partial charge in [-0.3, -0.25) is 9.69 Å². The quantitative estimate of drug-likeness (QED) is 0.706. The number of nitrogens with zero attached hydrogens (tertiary/aromatic N) is 3. The number of carbonyl (C=O) groups is 1. The van der Waals surface area contributed by atoms with Crippen molar-refractivity contribution in [2.45, 2.75) is 18.9 Å². The van der Waals surface area contributed by atoms with Gasteiger partial charge in [-0.15, -0.1) is 0 Å². The Morgan fingerprint density at radius 3 is 2.69 bits per heavy atom. The summed E-state index contributed by atoms with van der Waals surface area (Å²) in [6.45, 7) is 3.54. The number of carbonyl (C=O) groups excluding carboxylic acids is 1. The van der Waals surface area contributed by atoms with E-state index in [-0.39, 0.29) is 12.3 Å². The third-order valence-electron chi connectivity index (χ3n) is 3.32. The summed E-state index contributed by atoms with van der Waals surface area (Å²) >= 11 is 2.03. The second-order valence-electron chi connectivity index (χ2n) is 4.27. The molecule has 1 amide bonds. The maximum absolute atomic E-state index is 11.5. The lowest BCUT2D eigenvalue weighted by Crippen LogP contribution is -2.52. The topological polar surface area (TPSA) is 47.3 Å². The number of hydrogen-bond acceptors (Lipinski definition) is 4. The molecule has 0 spiro atoms. The highest BCUT2D eigenvalue weighted by atomic mass is 32.2. The number of hydrogen-bond donors (Lipinski definition) is 0. The number of nitriles is 1. The summed E-state index contributed by atoms with van der Waals surface area (Å²) in [6, 6.07) is 2.64. The average molecular weight is 239 g/mol. The summed E-state index contributed by atoms with van der Waals surface area (Å²) in [5.41, 5.74) is 0. The minimum absolute atomic E-state index is 0.0112. The highest BCUT2D eigenvalue weighted by molar-refractivity contribution is 7.99. The number of rotatable bonds is 2. The fraction of sp³-hybridized carbons (Fsp3) is 0.818. The lowest BCUT2D eigenvalue weighted by Gasteiger charge is -2.37. The van der Waals surface area contributed by atoms with E-state index < -0.39 is 0 Å². The molecule has 0 bridgehead atoms. The van der Waals surface area contributed by atoms with Gasteiger partial charge in [0.05, 0.1) is 6.07 Å². The number of piperazine rings is 1.